The molecule has 0 aromatic heterocycles. The summed E-state index contributed by atoms with van der Waals surface area (Å²) in [6.45, 7) is 10.6. The molecule has 4 nitrogen and oxygen atoms in total. The number of carbonyl (C=O) groups is 1. The molecule has 4 rings (SSSR count). The Hall–Kier alpha value is -0.610. The number of hydrogen-bond acceptors (Lipinski definition) is 4. The fraction of sp³-hybridized carbons (Fsp3) is 0.950. The maximum absolute atomic E-state index is 12.5. The summed E-state index contributed by atoms with van der Waals surface area (Å²) in [5.41, 5.74) is -0.397. The Balaban J connectivity index is 1.44. The second-order valence-corrected chi connectivity index (χ2v) is 9.51. The number of fused-ring (bicyclic) bond motifs is 5. The molecule has 0 aromatic rings. The van der Waals surface area contributed by atoms with E-state index < -0.39 is 5.41 Å². The van der Waals surface area contributed by atoms with Crippen LogP contribution in [0.1, 0.15) is 66.7 Å². The van der Waals surface area contributed by atoms with Gasteiger partial charge in [-0.05, 0) is 50.9 Å². The highest BCUT2D eigenvalue weighted by Crippen LogP contribution is 2.58. The van der Waals surface area contributed by atoms with Gasteiger partial charge in [0, 0.05) is 18.8 Å². The zero-order valence-electron chi connectivity index (χ0n) is 15.7. The fourth-order valence-corrected chi connectivity index (χ4v) is 5.27. The predicted octanol–water partition coefficient (Wildman–Crippen LogP) is 3.92. The monoisotopic (exact) mass is 336 g/mol. The summed E-state index contributed by atoms with van der Waals surface area (Å²) in [6, 6.07) is 0. The molecule has 0 radical (unpaired) electrons. The van der Waals surface area contributed by atoms with Gasteiger partial charge in [-0.15, -0.1) is 0 Å². The first-order chi connectivity index (χ1) is 11.2. The number of hydrogen-bond donors (Lipinski definition) is 0. The summed E-state index contributed by atoms with van der Waals surface area (Å²) in [6.07, 6.45) is 5.22. The highest BCUT2D eigenvalue weighted by atomic mass is 16.8. The summed E-state index contributed by atoms with van der Waals surface area (Å²) in [4.78, 5) is 12.5. The van der Waals surface area contributed by atoms with Crippen molar-refractivity contribution < 1.29 is 19.0 Å². The van der Waals surface area contributed by atoms with E-state index >= 15 is 0 Å². The number of ether oxygens (including phenoxy) is 3. The van der Waals surface area contributed by atoms with E-state index in [1.54, 1.807) is 0 Å². The molecule has 3 aliphatic carbocycles. The van der Waals surface area contributed by atoms with Gasteiger partial charge in [0.15, 0.2) is 5.79 Å². The van der Waals surface area contributed by atoms with Crippen molar-refractivity contribution in [3.8, 4) is 0 Å². The Bertz CT molecular complexity index is 518. The first kappa shape index (κ1) is 16.8. The Morgan fingerprint density at radius 3 is 2.38 bits per heavy atom. The maximum atomic E-state index is 12.5. The van der Waals surface area contributed by atoms with Crippen LogP contribution in [0.5, 0.6) is 0 Å². The lowest BCUT2D eigenvalue weighted by atomic mass is 9.89. The third kappa shape index (κ3) is 2.44. The molecule has 1 heterocycles. The molecule has 7 atom stereocenters. The van der Waals surface area contributed by atoms with E-state index in [1.807, 2.05) is 20.8 Å². The van der Waals surface area contributed by atoms with Crippen LogP contribution in [0, 0.1) is 29.1 Å². The van der Waals surface area contributed by atoms with Gasteiger partial charge in [0.25, 0.3) is 0 Å². The predicted molar refractivity (Wildman–Crippen MR) is 90.2 cm³/mol. The fourth-order valence-electron chi connectivity index (χ4n) is 5.27. The van der Waals surface area contributed by atoms with Gasteiger partial charge >= 0.3 is 5.97 Å². The van der Waals surface area contributed by atoms with Crippen LogP contribution in [0.4, 0.5) is 0 Å². The van der Waals surface area contributed by atoms with Crippen molar-refractivity contribution in [2.45, 2.75) is 90.8 Å². The van der Waals surface area contributed by atoms with Gasteiger partial charge in [0.2, 0.25) is 0 Å². The van der Waals surface area contributed by atoms with Crippen molar-refractivity contribution in [3.05, 3.63) is 0 Å². The Kier molecular flexibility index (Phi) is 3.82. The third-order valence-corrected chi connectivity index (χ3v) is 7.43. The van der Waals surface area contributed by atoms with Crippen LogP contribution in [-0.2, 0) is 19.0 Å². The van der Waals surface area contributed by atoms with Gasteiger partial charge in [-0.1, -0.05) is 20.8 Å². The standard InChI is InChI=1S/C20H32O4/c1-6-19(4,5)18(21)22-15-8-13-7-14(15)17-16(13)23-20(24-17)9-11(2)12(3)10-20/h11-17H,6-10H2,1-5H3. The molecule has 4 aliphatic rings. The summed E-state index contributed by atoms with van der Waals surface area (Å²) >= 11 is 0. The lowest BCUT2D eigenvalue weighted by molar-refractivity contribution is -0.185. The SMILES string of the molecule is CCC(C)(C)C(=O)OC1CC2CC1C1OC3(CC(C)C(C)C3)OC21. The quantitative estimate of drug-likeness (QED) is 0.733. The normalized spacial score (nSPS) is 49.8. The summed E-state index contributed by atoms with van der Waals surface area (Å²) in [5.74, 6) is 1.71. The molecular formula is C20H32O4. The first-order valence-electron chi connectivity index (χ1n) is 9.81. The number of esters is 1. The molecule has 4 fully saturated rings. The molecule has 4 heteroatoms. The van der Waals surface area contributed by atoms with Crippen LogP contribution in [0.2, 0.25) is 0 Å². The molecule has 1 saturated heterocycles. The highest BCUT2D eigenvalue weighted by Gasteiger charge is 2.64. The van der Waals surface area contributed by atoms with E-state index in [2.05, 4.69) is 13.8 Å². The molecule has 0 N–H and O–H groups in total. The van der Waals surface area contributed by atoms with E-state index in [9.17, 15) is 4.79 Å². The van der Waals surface area contributed by atoms with E-state index in [-0.39, 0.29) is 30.1 Å². The minimum absolute atomic E-state index is 0.0181. The van der Waals surface area contributed by atoms with Crippen LogP contribution in [0.15, 0.2) is 0 Å². The molecule has 2 bridgehead atoms. The molecular weight excluding hydrogens is 304 g/mol. The van der Waals surface area contributed by atoms with Crippen molar-refractivity contribution in [2.75, 3.05) is 0 Å². The van der Waals surface area contributed by atoms with E-state index in [4.69, 9.17) is 14.2 Å². The van der Waals surface area contributed by atoms with Crippen LogP contribution in [0.25, 0.3) is 0 Å². The van der Waals surface area contributed by atoms with Crippen molar-refractivity contribution in [1.29, 1.82) is 0 Å². The summed E-state index contributed by atoms with van der Waals surface area (Å²) in [5, 5.41) is 0. The zero-order valence-corrected chi connectivity index (χ0v) is 15.7. The minimum Gasteiger partial charge on any atom is -0.462 e. The lowest BCUT2D eigenvalue weighted by Crippen LogP contribution is -2.41. The first-order valence-corrected chi connectivity index (χ1v) is 9.81. The Morgan fingerprint density at radius 2 is 1.75 bits per heavy atom. The van der Waals surface area contributed by atoms with Crippen molar-refractivity contribution in [3.63, 3.8) is 0 Å². The van der Waals surface area contributed by atoms with Gasteiger partial charge < -0.3 is 14.2 Å². The van der Waals surface area contributed by atoms with Crippen LogP contribution >= 0.6 is 0 Å². The van der Waals surface area contributed by atoms with E-state index in [0.29, 0.717) is 23.7 Å². The van der Waals surface area contributed by atoms with Crippen molar-refractivity contribution >= 4 is 5.97 Å². The smallest absolute Gasteiger partial charge is 0.311 e. The average Bonchev–Trinajstić information content (AvgIpc) is 3.21. The highest BCUT2D eigenvalue weighted by molar-refractivity contribution is 5.76. The van der Waals surface area contributed by atoms with Gasteiger partial charge in [-0.3, -0.25) is 4.79 Å². The van der Waals surface area contributed by atoms with Gasteiger partial charge in [0.1, 0.15) is 6.10 Å². The van der Waals surface area contributed by atoms with Crippen LogP contribution < -0.4 is 0 Å². The second-order valence-electron chi connectivity index (χ2n) is 9.51. The average molecular weight is 336 g/mol. The molecule has 0 aromatic carbocycles. The van der Waals surface area contributed by atoms with E-state index in [0.717, 1.165) is 32.1 Å². The van der Waals surface area contributed by atoms with Crippen molar-refractivity contribution in [1.82, 2.24) is 0 Å². The lowest BCUT2D eigenvalue weighted by Gasteiger charge is -2.31. The largest absolute Gasteiger partial charge is 0.462 e. The summed E-state index contributed by atoms with van der Waals surface area (Å²) < 4.78 is 18.9. The molecule has 0 amide bonds. The van der Waals surface area contributed by atoms with Crippen LogP contribution in [-0.4, -0.2) is 30.1 Å². The zero-order chi connectivity index (χ0) is 17.3. The Morgan fingerprint density at radius 1 is 1.12 bits per heavy atom. The van der Waals surface area contributed by atoms with Gasteiger partial charge in [-0.25, -0.2) is 0 Å². The molecule has 1 spiro atoms. The topological polar surface area (TPSA) is 44.8 Å². The third-order valence-electron chi connectivity index (χ3n) is 7.43. The van der Waals surface area contributed by atoms with E-state index in [1.165, 1.54) is 0 Å². The summed E-state index contributed by atoms with van der Waals surface area (Å²) in [7, 11) is 0. The second kappa shape index (κ2) is 5.44. The van der Waals surface area contributed by atoms with Gasteiger partial charge in [0.05, 0.1) is 17.6 Å². The number of rotatable bonds is 3. The molecule has 7 unspecified atom stereocenters. The molecule has 3 saturated carbocycles. The molecule has 1 aliphatic heterocycles. The minimum atomic E-state index is -0.397. The van der Waals surface area contributed by atoms with Gasteiger partial charge in [-0.2, -0.15) is 0 Å². The number of carbonyl (C=O) groups excluding carboxylic acids is 1. The molecule has 136 valence electrons. The van der Waals surface area contributed by atoms with Crippen molar-refractivity contribution in [2.24, 2.45) is 29.1 Å². The van der Waals surface area contributed by atoms with Crippen LogP contribution in [0.3, 0.4) is 0 Å². The maximum Gasteiger partial charge on any atom is 0.311 e. The molecule has 24 heavy (non-hydrogen) atoms. The Labute approximate surface area is 145 Å².